The Kier molecular flexibility index (Phi) is 6.01. The van der Waals surface area contributed by atoms with Gasteiger partial charge in [-0.15, -0.1) is 0 Å². The van der Waals surface area contributed by atoms with Crippen LogP contribution in [0.15, 0.2) is 0 Å². The summed E-state index contributed by atoms with van der Waals surface area (Å²) in [5, 5.41) is 19.1. The zero-order valence-corrected chi connectivity index (χ0v) is 13.0. The molecule has 3 heteroatoms. The predicted molar refractivity (Wildman–Crippen MR) is 78.4 cm³/mol. The van der Waals surface area contributed by atoms with Gasteiger partial charge in [-0.3, -0.25) is 0 Å². The van der Waals surface area contributed by atoms with E-state index in [0.717, 1.165) is 18.8 Å². The first kappa shape index (κ1) is 15.9. The molecule has 0 aromatic rings. The summed E-state index contributed by atoms with van der Waals surface area (Å²) < 4.78 is 0. The van der Waals surface area contributed by atoms with Gasteiger partial charge in [-0.1, -0.05) is 34.1 Å². The van der Waals surface area contributed by atoms with Gasteiger partial charge in [-0.2, -0.15) is 17.0 Å². The molecule has 1 fully saturated rings. The second-order valence-corrected chi connectivity index (χ2v) is 7.94. The fourth-order valence-electron chi connectivity index (χ4n) is 2.77. The highest BCUT2D eigenvalue weighted by molar-refractivity contribution is 8.00. The number of rotatable bonds is 5. The molecule has 2 nitrogen and oxygen atoms in total. The second-order valence-electron chi connectivity index (χ2n) is 6.26. The van der Waals surface area contributed by atoms with E-state index in [1.54, 1.807) is 0 Å². The Hall–Kier alpha value is -0.200. The van der Waals surface area contributed by atoms with Gasteiger partial charge in [0.05, 0.1) is 18.6 Å². The van der Waals surface area contributed by atoms with Crippen molar-refractivity contribution in [2.45, 2.75) is 63.9 Å². The lowest BCUT2D eigenvalue weighted by Gasteiger charge is -2.41. The number of aliphatic hydroxyl groups is 1. The van der Waals surface area contributed by atoms with Gasteiger partial charge in [0.25, 0.3) is 0 Å². The largest absolute Gasteiger partial charge is 0.395 e. The quantitative estimate of drug-likeness (QED) is 0.824. The molecule has 0 aliphatic heterocycles. The average Bonchev–Trinajstić information content (AvgIpc) is 2.38. The highest BCUT2D eigenvalue weighted by atomic mass is 32.2. The molecule has 1 aliphatic rings. The van der Waals surface area contributed by atoms with Crippen molar-refractivity contribution in [2.75, 3.05) is 6.61 Å². The third-order valence-electron chi connectivity index (χ3n) is 4.64. The topological polar surface area (TPSA) is 44.0 Å². The van der Waals surface area contributed by atoms with Crippen molar-refractivity contribution in [1.29, 1.82) is 5.26 Å². The monoisotopic (exact) mass is 269 g/mol. The number of hydrogen-bond acceptors (Lipinski definition) is 3. The maximum atomic E-state index is 9.27. The average molecular weight is 269 g/mol. The minimum absolute atomic E-state index is 0.174. The highest BCUT2D eigenvalue weighted by Crippen LogP contribution is 2.46. The lowest BCUT2D eigenvalue weighted by Crippen LogP contribution is -2.35. The summed E-state index contributed by atoms with van der Waals surface area (Å²) in [7, 11) is 0. The van der Waals surface area contributed by atoms with Crippen LogP contribution in [0.2, 0.25) is 0 Å². The van der Waals surface area contributed by atoms with Crippen LogP contribution in [-0.2, 0) is 0 Å². The number of hydrogen-bond donors (Lipinski definition) is 1. The zero-order valence-electron chi connectivity index (χ0n) is 12.1. The van der Waals surface area contributed by atoms with Gasteiger partial charge in [0, 0.05) is 10.5 Å². The van der Waals surface area contributed by atoms with Gasteiger partial charge in [0.1, 0.15) is 0 Å². The fourth-order valence-corrected chi connectivity index (χ4v) is 4.18. The zero-order chi connectivity index (χ0) is 13.8. The summed E-state index contributed by atoms with van der Waals surface area (Å²) in [5.41, 5.74) is 0.377. The predicted octanol–water partition coefficient (Wildman–Crippen LogP) is 3.85. The maximum Gasteiger partial charge on any atom is 0.0667 e. The fraction of sp³-hybridized carbons (Fsp3) is 0.933. The normalized spacial score (nSPS) is 30.8. The highest BCUT2D eigenvalue weighted by Gasteiger charge is 2.37. The first-order chi connectivity index (χ1) is 8.44. The van der Waals surface area contributed by atoms with Crippen molar-refractivity contribution in [3.05, 3.63) is 0 Å². The first-order valence-corrected chi connectivity index (χ1v) is 8.04. The molecule has 4 unspecified atom stereocenters. The molecule has 104 valence electrons. The third kappa shape index (κ3) is 3.90. The van der Waals surface area contributed by atoms with Crippen LogP contribution in [-0.4, -0.2) is 22.2 Å². The van der Waals surface area contributed by atoms with Crippen molar-refractivity contribution in [2.24, 2.45) is 17.3 Å². The van der Waals surface area contributed by atoms with Gasteiger partial charge in [0.2, 0.25) is 0 Å². The Morgan fingerprint density at radius 1 is 1.44 bits per heavy atom. The van der Waals surface area contributed by atoms with E-state index in [9.17, 15) is 10.4 Å². The molecule has 0 amide bonds. The van der Waals surface area contributed by atoms with Crippen molar-refractivity contribution < 1.29 is 5.11 Å². The van der Waals surface area contributed by atoms with Crippen molar-refractivity contribution in [1.82, 2.24) is 0 Å². The van der Waals surface area contributed by atoms with E-state index in [1.165, 1.54) is 12.8 Å². The van der Waals surface area contributed by atoms with Crippen LogP contribution >= 0.6 is 11.8 Å². The molecule has 0 spiro atoms. The summed E-state index contributed by atoms with van der Waals surface area (Å²) in [5.74, 6) is 0.892. The van der Waals surface area contributed by atoms with Crippen molar-refractivity contribution in [3.63, 3.8) is 0 Å². The molecule has 1 rings (SSSR count). The second kappa shape index (κ2) is 6.82. The molecule has 0 saturated heterocycles. The van der Waals surface area contributed by atoms with Crippen LogP contribution < -0.4 is 0 Å². The van der Waals surface area contributed by atoms with Crippen LogP contribution in [0.5, 0.6) is 0 Å². The van der Waals surface area contributed by atoms with Gasteiger partial charge in [-0.05, 0) is 30.6 Å². The smallest absolute Gasteiger partial charge is 0.0667 e. The molecule has 18 heavy (non-hydrogen) atoms. The molecule has 1 saturated carbocycles. The Balaban J connectivity index is 2.69. The molecule has 0 heterocycles. The minimum Gasteiger partial charge on any atom is -0.395 e. The van der Waals surface area contributed by atoms with E-state index in [-0.39, 0.29) is 17.8 Å². The molecule has 0 aromatic heterocycles. The molecule has 0 bridgehead atoms. The summed E-state index contributed by atoms with van der Waals surface area (Å²) in [6, 6.07) is 2.47. The van der Waals surface area contributed by atoms with Crippen LogP contribution in [0.4, 0.5) is 0 Å². The van der Waals surface area contributed by atoms with Gasteiger partial charge < -0.3 is 5.11 Å². The van der Waals surface area contributed by atoms with E-state index in [0.29, 0.717) is 10.7 Å². The van der Waals surface area contributed by atoms with Crippen LogP contribution in [0.3, 0.4) is 0 Å². The van der Waals surface area contributed by atoms with Crippen molar-refractivity contribution >= 4 is 11.8 Å². The van der Waals surface area contributed by atoms with Gasteiger partial charge in [-0.25, -0.2) is 0 Å². The summed E-state index contributed by atoms with van der Waals surface area (Å²) in [4.78, 5) is 0. The summed E-state index contributed by atoms with van der Waals surface area (Å²) in [6.45, 7) is 9.22. The summed E-state index contributed by atoms with van der Waals surface area (Å²) in [6.07, 6.45) is 4.54. The molecule has 1 aliphatic carbocycles. The van der Waals surface area contributed by atoms with E-state index in [4.69, 9.17) is 0 Å². The Morgan fingerprint density at radius 3 is 2.61 bits per heavy atom. The Morgan fingerprint density at radius 2 is 2.11 bits per heavy atom. The van der Waals surface area contributed by atoms with E-state index < -0.39 is 0 Å². The molecular weight excluding hydrogens is 242 g/mol. The van der Waals surface area contributed by atoms with Crippen LogP contribution in [0.1, 0.15) is 53.4 Å². The SMILES string of the molecule is CCC(C)(C)C1CCC(C#N)C(SC(C)CO)C1. The molecule has 0 radical (unpaired) electrons. The number of aliphatic hydroxyl groups excluding tert-OH is 1. The number of nitrogens with zero attached hydrogens (tertiary/aromatic N) is 1. The third-order valence-corrected chi connectivity index (χ3v) is 6.12. The van der Waals surface area contributed by atoms with Crippen molar-refractivity contribution in [3.8, 4) is 6.07 Å². The molecule has 4 atom stereocenters. The lowest BCUT2D eigenvalue weighted by atomic mass is 9.67. The standard InChI is InChI=1S/C15H27NOS/c1-5-15(3,4)13-7-6-12(9-16)14(8-13)18-11(2)10-17/h11-14,17H,5-8,10H2,1-4H3. The lowest BCUT2D eigenvalue weighted by molar-refractivity contribution is 0.143. The van der Waals surface area contributed by atoms with E-state index >= 15 is 0 Å². The van der Waals surface area contributed by atoms with E-state index in [1.807, 2.05) is 18.7 Å². The van der Waals surface area contributed by atoms with Gasteiger partial charge in [0.15, 0.2) is 0 Å². The molecule has 0 aromatic carbocycles. The maximum absolute atomic E-state index is 9.27. The number of nitriles is 1. The molecule has 1 N–H and O–H groups in total. The first-order valence-electron chi connectivity index (χ1n) is 7.10. The Labute approximate surface area is 116 Å². The van der Waals surface area contributed by atoms with Gasteiger partial charge >= 0.3 is 0 Å². The Bertz CT molecular complexity index is 297. The van der Waals surface area contributed by atoms with E-state index in [2.05, 4.69) is 26.8 Å². The minimum atomic E-state index is 0.174. The summed E-state index contributed by atoms with van der Waals surface area (Å²) >= 11 is 1.81. The van der Waals surface area contributed by atoms with Crippen LogP contribution in [0, 0.1) is 28.6 Å². The number of thioether (sulfide) groups is 1. The molecular formula is C15H27NOS. The van der Waals surface area contributed by atoms with Crippen LogP contribution in [0.25, 0.3) is 0 Å².